The molecule has 3 aromatic rings. The summed E-state index contributed by atoms with van der Waals surface area (Å²) in [6, 6.07) is 5.56. The van der Waals surface area contributed by atoms with E-state index in [0.29, 0.717) is 47.4 Å². The first kappa shape index (κ1) is 25.3. The minimum absolute atomic E-state index is 0.115. The summed E-state index contributed by atoms with van der Waals surface area (Å²) in [6.45, 7) is 5.95. The van der Waals surface area contributed by atoms with Crippen LogP contribution in [0.15, 0.2) is 54.2 Å². The number of oxime groups is 1. The van der Waals surface area contributed by atoms with Gasteiger partial charge in [-0.3, -0.25) is 14.7 Å². The zero-order valence-corrected chi connectivity index (χ0v) is 20.2. The quantitative estimate of drug-likeness (QED) is 0.371. The molecular formula is C26H28F2N6O2. The van der Waals surface area contributed by atoms with E-state index in [1.807, 2.05) is 12.3 Å². The molecule has 0 unspecified atom stereocenters. The summed E-state index contributed by atoms with van der Waals surface area (Å²) < 4.78 is 27.2. The second-order valence-corrected chi connectivity index (χ2v) is 8.61. The highest BCUT2D eigenvalue weighted by molar-refractivity contribution is 6.12. The van der Waals surface area contributed by atoms with E-state index in [9.17, 15) is 13.6 Å². The molecule has 1 aliphatic rings. The summed E-state index contributed by atoms with van der Waals surface area (Å²) in [5.41, 5.74) is 3.09. The summed E-state index contributed by atoms with van der Waals surface area (Å²) in [4.78, 5) is 32.0. The van der Waals surface area contributed by atoms with E-state index in [1.54, 1.807) is 25.5 Å². The van der Waals surface area contributed by atoms with Crippen molar-refractivity contribution in [3.8, 4) is 0 Å². The molecule has 10 heteroatoms. The van der Waals surface area contributed by atoms with Crippen LogP contribution < -0.4 is 5.32 Å². The number of anilines is 1. The first-order chi connectivity index (χ1) is 17.4. The lowest BCUT2D eigenvalue weighted by Crippen LogP contribution is -2.33. The van der Waals surface area contributed by atoms with Crippen molar-refractivity contribution in [2.75, 3.05) is 25.0 Å². The lowest BCUT2D eigenvalue weighted by Gasteiger charge is -2.31. The molecule has 0 saturated carbocycles. The van der Waals surface area contributed by atoms with Gasteiger partial charge in [0, 0.05) is 36.6 Å². The Hall–Kier alpha value is -3.79. The van der Waals surface area contributed by atoms with E-state index >= 15 is 0 Å². The van der Waals surface area contributed by atoms with Crippen LogP contribution in [0.25, 0.3) is 0 Å². The fourth-order valence-electron chi connectivity index (χ4n) is 4.18. The molecule has 36 heavy (non-hydrogen) atoms. The van der Waals surface area contributed by atoms with Gasteiger partial charge in [-0.05, 0) is 68.6 Å². The number of nitrogens with zero attached hydrogens (tertiary/aromatic N) is 5. The van der Waals surface area contributed by atoms with Gasteiger partial charge >= 0.3 is 0 Å². The van der Waals surface area contributed by atoms with Crippen LogP contribution >= 0.6 is 0 Å². The van der Waals surface area contributed by atoms with Crippen LogP contribution in [0.1, 0.15) is 55.1 Å². The molecule has 0 spiro atoms. The fourth-order valence-corrected chi connectivity index (χ4v) is 4.18. The van der Waals surface area contributed by atoms with Gasteiger partial charge < -0.3 is 10.2 Å². The van der Waals surface area contributed by atoms with E-state index in [4.69, 9.17) is 4.84 Å². The van der Waals surface area contributed by atoms with Crippen molar-refractivity contribution in [1.82, 2.24) is 19.9 Å². The van der Waals surface area contributed by atoms with Crippen molar-refractivity contribution >= 4 is 17.3 Å². The third-order valence-corrected chi connectivity index (χ3v) is 5.96. The third kappa shape index (κ3) is 6.45. The van der Waals surface area contributed by atoms with Crippen LogP contribution in [0.2, 0.25) is 0 Å². The predicted octanol–water partition coefficient (Wildman–Crippen LogP) is 4.28. The van der Waals surface area contributed by atoms with Crippen molar-refractivity contribution in [3.05, 3.63) is 83.2 Å². The molecule has 1 aliphatic heterocycles. The van der Waals surface area contributed by atoms with E-state index in [0.717, 1.165) is 43.6 Å². The van der Waals surface area contributed by atoms with Crippen LogP contribution in [0.5, 0.6) is 0 Å². The number of pyridine rings is 1. The Balaban J connectivity index is 1.38. The summed E-state index contributed by atoms with van der Waals surface area (Å²) in [7, 11) is 0. The van der Waals surface area contributed by atoms with Gasteiger partial charge in [0.25, 0.3) is 0 Å². The maximum Gasteiger partial charge on any atom is 0.221 e. The highest BCUT2D eigenvalue weighted by atomic mass is 19.2. The lowest BCUT2D eigenvalue weighted by molar-refractivity contribution is -0.114. The van der Waals surface area contributed by atoms with Crippen LogP contribution in [-0.2, 0) is 16.2 Å². The van der Waals surface area contributed by atoms with Crippen molar-refractivity contribution in [3.63, 3.8) is 0 Å². The smallest absolute Gasteiger partial charge is 0.221 e. The largest absolute Gasteiger partial charge is 0.396 e. The average Bonchev–Trinajstić information content (AvgIpc) is 2.87. The predicted molar refractivity (Wildman–Crippen MR) is 131 cm³/mol. The zero-order chi connectivity index (χ0) is 25.5. The number of piperidine rings is 1. The Morgan fingerprint density at radius 2 is 1.83 bits per heavy atom. The number of hydrogen-bond donors (Lipinski definition) is 1. The number of rotatable bonds is 8. The molecule has 1 N–H and O–H groups in total. The van der Waals surface area contributed by atoms with E-state index in [-0.39, 0.29) is 5.91 Å². The summed E-state index contributed by atoms with van der Waals surface area (Å²) >= 11 is 0. The summed E-state index contributed by atoms with van der Waals surface area (Å²) in [5.74, 6) is -0.973. The fraction of sp³-hybridized carbons (Fsp3) is 0.346. The number of benzene rings is 1. The topological polar surface area (TPSA) is 92.6 Å². The highest BCUT2D eigenvalue weighted by Crippen LogP contribution is 2.29. The SMILES string of the molecule is CCO/N=C(/c1cnc(CN2CCC(c3cncc(NC(C)=O)c3)CC2)nc1)c1ccc(F)c(F)c1. The second kappa shape index (κ2) is 11.8. The number of hydrogen-bond acceptors (Lipinski definition) is 7. The third-order valence-electron chi connectivity index (χ3n) is 5.96. The highest BCUT2D eigenvalue weighted by Gasteiger charge is 2.22. The summed E-state index contributed by atoms with van der Waals surface area (Å²) in [5, 5.41) is 6.85. The van der Waals surface area contributed by atoms with E-state index in [2.05, 4.69) is 30.3 Å². The number of aromatic nitrogens is 3. The Labute approximate surface area is 208 Å². The molecule has 188 valence electrons. The van der Waals surface area contributed by atoms with Crippen molar-refractivity contribution < 1.29 is 18.4 Å². The molecule has 0 radical (unpaired) electrons. The van der Waals surface area contributed by atoms with Gasteiger partial charge in [-0.2, -0.15) is 0 Å². The van der Waals surface area contributed by atoms with Gasteiger partial charge in [0.15, 0.2) is 11.6 Å². The number of carbonyl (C=O) groups excluding carboxylic acids is 1. The zero-order valence-electron chi connectivity index (χ0n) is 20.2. The maximum absolute atomic E-state index is 13.8. The minimum Gasteiger partial charge on any atom is -0.396 e. The number of halogens is 2. The van der Waals surface area contributed by atoms with Gasteiger partial charge in [-0.1, -0.05) is 5.16 Å². The molecule has 0 atom stereocenters. The molecule has 2 aromatic heterocycles. The van der Waals surface area contributed by atoms with Crippen LogP contribution in [-0.4, -0.2) is 51.2 Å². The van der Waals surface area contributed by atoms with E-state index in [1.165, 1.54) is 13.0 Å². The lowest BCUT2D eigenvalue weighted by atomic mass is 9.90. The normalized spacial score (nSPS) is 15.1. The van der Waals surface area contributed by atoms with Crippen molar-refractivity contribution in [2.45, 2.75) is 39.2 Å². The molecule has 8 nitrogen and oxygen atoms in total. The van der Waals surface area contributed by atoms with Crippen molar-refractivity contribution in [2.24, 2.45) is 5.16 Å². The Morgan fingerprint density at radius 1 is 1.08 bits per heavy atom. The molecule has 1 aromatic carbocycles. The molecule has 0 aliphatic carbocycles. The molecule has 4 rings (SSSR count). The van der Waals surface area contributed by atoms with Crippen LogP contribution in [0.3, 0.4) is 0 Å². The molecule has 0 bridgehead atoms. The first-order valence-corrected chi connectivity index (χ1v) is 11.8. The number of nitrogens with one attached hydrogen (secondary N) is 1. The van der Waals surface area contributed by atoms with E-state index < -0.39 is 11.6 Å². The van der Waals surface area contributed by atoms with Crippen LogP contribution in [0.4, 0.5) is 14.5 Å². The maximum atomic E-state index is 13.8. The number of carbonyl (C=O) groups is 1. The molecule has 1 fully saturated rings. The first-order valence-electron chi connectivity index (χ1n) is 11.8. The number of likely N-dealkylation sites (tertiary alicyclic amines) is 1. The summed E-state index contributed by atoms with van der Waals surface area (Å²) in [6.07, 6.45) is 8.68. The average molecular weight is 495 g/mol. The second-order valence-electron chi connectivity index (χ2n) is 8.61. The van der Waals surface area contributed by atoms with Gasteiger partial charge in [0.1, 0.15) is 18.1 Å². The molecule has 1 amide bonds. The molecule has 1 saturated heterocycles. The van der Waals surface area contributed by atoms with Crippen molar-refractivity contribution in [1.29, 1.82) is 0 Å². The number of amides is 1. The van der Waals surface area contributed by atoms with Gasteiger partial charge in [-0.25, -0.2) is 18.7 Å². The Bertz CT molecular complexity index is 1230. The van der Waals surface area contributed by atoms with Gasteiger partial charge in [0.05, 0.1) is 18.4 Å². The Morgan fingerprint density at radius 3 is 2.50 bits per heavy atom. The minimum atomic E-state index is -0.963. The molecular weight excluding hydrogens is 466 g/mol. The standard InChI is InChI=1S/C26H28F2N6O2/c1-3-36-33-26(19-4-5-23(27)24(28)11-19)21-13-30-25(31-14-21)16-34-8-6-18(7-9-34)20-10-22(15-29-12-20)32-17(2)35/h4-5,10-15,18H,3,6-9,16H2,1-2H3,(H,32,35)/b33-26+. The monoisotopic (exact) mass is 494 g/mol. The Kier molecular flexibility index (Phi) is 8.27. The molecule has 3 heterocycles. The van der Waals surface area contributed by atoms with Gasteiger partial charge in [-0.15, -0.1) is 0 Å². The van der Waals surface area contributed by atoms with Gasteiger partial charge in [0.2, 0.25) is 5.91 Å². The van der Waals surface area contributed by atoms with Crippen LogP contribution in [0, 0.1) is 11.6 Å².